The third-order valence-corrected chi connectivity index (χ3v) is 6.33. The Balaban J connectivity index is 1.64. The van der Waals surface area contributed by atoms with Crippen LogP contribution in [0.25, 0.3) is 16.6 Å². The van der Waals surface area contributed by atoms with Gasteiger partial charge in [-0.25, -0.2) is 4.98 Å². The molecule has 0 aliphatic heterocycles. The van der Waals surface area contributed by atoms with Crippen LogP contribution in [0.3, 0.4) is 0 Å². The molecule has 34 heavy (non-hydrogen) atoms. The fourth-order valence-corrected chi connectivity index (χ4v) is 4.47. The van der Waals surface area contributed by atoms with Crippen molar-refractivity contribution >= 4 is 57.5 Å². The van der Waals surface area contributed by atoms with Crippen LogP contribution in [-0.2, 0) is 9.59 Å². The molecule has 1 atom stereocenters. The molecule has 4 aromatic rings. The Morgan fingerprint density at radius 2 is 1.56 bits per heavy atom. The van der Waals surface area contributed by atoms with Crippen LogP contribution in [0, 0.1) is 0 Å². The van der Waals surface area contributed by atoms with Crippen molar-refractivity contribution in [3.8, 4) is 5.69 Å². The van der Waals surface area contributed by atoms with Crippen molar-refractivity contribution in [2.75, 3.05) is 10.6 Å². The lowest BCUT2D eigenvalue weighted by atomic mass is 10.2. The summed E-state index contributed by atoms with van der Waals surface area (Å²) in [6.45, 7) is 3.17. The number of carbonyl (C=O) groups is 2. The minimum Gasteiger partial charge on any atom is -0.326 e. The Kier molecular flexibility index (Phi) is 7.00. The predicted octanol–water partition coefficient (Wildman–Crippen LogP) is 5.12. The molecule has 0 aliphatic rings. The highest BCUT2D eigenvalue weighted by atomic mass is 35.5. The zero-order valence-electron chi connectivity index (χ0n) is 18.4. The average Bonchev–Trinajstić information content (AvgIpc) is 2.81. The van der Waals surface area contributed by atoms with Crippen molar-refractivity contribution in [2.24, 2.45) is 0 Å². The molecule has 4 rings (SSSR count). The maximum Gasteiger partial charge on any atom is 0.266 e. The summed E-state index contributed by atoms with van der Waals surface area (Å²) in [7, 11) is 0. The SMILES string of the molecule is CC(=O)Nc1ccc(NC(=O)C(C)Sc2nc3ccccc3c(=O)n2-c2ccccc2Cl)cc1. The number of aromatic nitrogens is 2. The highest BCUT2D eigenvalue weighted by Crippen LogP contribution is 2.28. The quantitative estimate of drug-likeness (QED) is 0.288. The number of benzene rings is 3. The summed E-state index contributed by atoms with van der Waals surface area (Å²) in [5.41, 5.74) is 2.00. The zero-order valence-corrected chi connectivity index (χ0v) is 20.0. The predicted molar refractivity (Wildman–Crippen MR) is 137 cm³/mol. The van der Waals surface area contributed by atoms with Gasteiger partial charge in [-0.05, 0) is 55.5 Å². The van der Waals surface area contributed by atoms with Crippen LogP contribution in [0.15, 0.2) is 82.7 Å². The molecule has 172 valence electrons. The van der Waals surface area contributed by atoms with E-state index >= 15 is 0 Å². The minimum absolute atomic E-state index is 0.172. The standard InChI is InChI=1S/C25H21ClN4O3S/c1-15(23(32)28-18-13-11-17(12-14-18)27-16(2)31)34-25-29-21-9-5-3-7-19(21)24(33)30(25)22-10-6-4-8-20(22)26/h3-15H,1-2H3,(H,27,31)(H,28,32). The van der Waals surface area contributed by atoms with Crippen LogP contribution < -0.4 is 16.2 Å². The van der Waals surface area contributed by atoms with E-state index in [0.29, 0.717) is 38.1 Å². The Labute approximate surface area is 205 Å². The van der Waals surface area contributed by atoms with Crippen LogP contribution >= 0.6 is 23.4 Å². The van der Waals surface area contributed by atoms with Gasteiger partial charge in [0, 0.05) is 18.3 Å². The van der Waals surface area contributed by atoms with Crippen LogP contribution in [0.2, 0.25) is 5.02 Å². The molecule has 0 spiro atoms. The molecule has 2 N–H and O–H groups in total. The van der Waals surface area contributed by atoms with Crippen molar-refractivity contribution < 1.29 is 9.59 Å². The third kappa shape index (κ3) is 5.13. The lowest BCUT2D eigenvalue weighted by Crippen LogP contribution is -2.26. The number of fused-ring (bicyclic) bond motifs is 1. The second-order valence-electron chi connectivity index (χ2n) is 7.51. The van der Waals surface area contributed by atoms with Crippen LogP contribution in [0.4, 0.5) is 11.4 Å². The lowest BCUT2D eigenvalue weighted by molar-refractivity contribution is -0.115. The van der Waals surface area contributed by atoms with Gasteiger partial charge >= 0.3 is 0 Å². The number of nitrogens with one attached hydrogen (secondary N) is 2. The summed E-state index contributed by atoms with van der Waals surface area (Å²) in [4.78, 5) is 42.1. The fourth-order valence-electron chi connectivity index (χ4n) is 3.33. The number of carbonyl (C=O) groups excluding carboxylic acids is 2. The van der Waals surface area contributed by atoms with Crippen molar-refractivity contribution in [1.29, 1.82) is 0 Å². The normalized spacial score (nSPS) is 11.7. The highest BCUT2D eigenvalue weighted by Gasteiger charge is 2.21. The number of anilines is 2. The molecule has 3 aromatic carbocycles. The van der Waals surface area contributed by atoms with Gasteiger partial charge in [0.05, 0.1) is 26.9 Å². The second-order valence-corrected chi connectivity index (χ2v) is 9.23. The van der Waals surface area contributed by atoms with E-state index in [4.69, 9.17) is 11.6 Å². The molecule has 7 nitrogen and oxygen atoms in total. The number of amides is 2. The lowest BCUT2D eigenvalue weighted by Gasteiger charge is -2.17. The van der Waals surface area contributed by atoms with E-state index in [1.54, 1.807) is 73.7 Å². The topological polar surface area (TPSA) is 93.1 Å². The van der Waals surface area contributed by atoms with Gasteiger partial charge in [-0.2, -0.15) is 0 Å². The van der Waals surface area contributed by atoms with E-state index in [-0.39, 0.29) is 17.4 Å². The molecule has 0 fully saturated rings. The number of hydrogen-bond acceptors (Lipinski definition) is 5. The Hall–Kier alpha value is -3.62. The van der Waals surface area contributed by atoms with E-state index in [1.807, 2.05) is 6.07 Å². The largest absolute Gasteiger partial charge is 0.326 e. The summed E-state index contributed by atoms with van der Waals surface area (Å²) >= 11 is 7.57. The van der Waals surface area contributed by atoms with E-state index in [1.165, 1.54) is 23.3 Å². The van der Waals surface area contributed by atoms with Crippen LogP contribution in [0.5, 0.6) is 0 Å². The van der Waals surface area contributed by atoms with E-state index in [2.05, 4.69) is 15.6 Å². The second kappa shape index (κ2) is 10.1. The third-order valence-electron chi connectivity index (χ3n) is 4.96. The maximum absolute atomic E-state index is 13.4. The van der Waals surface area contributed by atoms with Gasteiger partial charge in [0.15, 0.2) is 5.16 Å². The van der Waals surface area contributed by atoms with Gasteiger partial charge in [0.1, 0.15) is 0 Å². The molecular formula is C25H21ClN4O3S. The van der Waals surface area contributed by atoms with Gasteiger partial charge in [0.25, 0.3) is 5.56 Å². The summed E-state index contributed by atoms with van der Waals surface area (Å²) in [6, 6.07) is 20.9. The van der Waals surface area contributed by atoms with Gasteiger partial charge < -0.3 is 10.6 Å². The first kappa shape index (κ1) is 23.5. The molecule has 1 unspecified atom stereocenters. The Bertz CT molecular complexity index is 1440. The molecule has 0 bridgehead atoms. The number of nitrogens with zero attached hydrogens (tertiary/aromatic N) is 2. The molecule has 0 radical (unpaired) electrons. The minimum atomic E-state index is -0.572. The van der Waals surface area contributed by atoms with Gasteiger partial charge in [-0.1, -0.05) is 47.6 Å². The number of rotatable bonds is 6. The first-order valence-electron chi connectivity index (χ1n) is 10.5. The van der Waals surface area contributed by atoms with Crippen LogP contribution in [-0.4, -0.2) is 26.6 Å². The van der Waals surface area contributed by atoms with Crippen molar-refractivity contribution in [1.82, 2.24) is 9.55 Å². The summed E-state index contributed by atoms with van der Waals surface area (Å²) < 4.78 is 1.45. The summed E-state index contributed by atoms with van der Waals surface area (Å²) in [6.07, 6.45) is 0. The Morgan fingerprint density at radius 1 is 0.941 bits per heavy atom. The van der Waals surface area contributed by atoms with Crippen molar-refractivity contribution in [3.63, 3.8) is 0 Å². The molecule has 2 amide bonds. The first-order valence-corrected chi connectivity index (χ1v) is 11.7. The summed E-state index contributed by atoms with van der Waals surface area (Å²) in [5, 5.41) is 6.18. The molecule has 1 aromatic heterocycles. The number of halogens is 1. The van der Waals surface area contributed by atoms with Gasteiger partial charge in [-0.3, -0.25) is 19.0 Å². The van der Waals surface area contributed by atoms with E-state index in [9.17, 15) is 14.4 Å². The molecule has 1 heterocycles. The highest BCUT2D eigenvalue weighted by molar-refractivity contribution is 8.00. The van der Waals surface area contributed by atoms with Crippen LogP contribution in [0.1, 0.15) is 13.8 Å². The molecule has 0 saturated heterocycles. The summed E-state index contributed by atoms with van der Waals surface area (Å²) in [5.74, 6) is -0.431. The molecule has 0 aliphatic carbocycles. The zero-order chi connectivity index (χ0) is 24.2. The van der Waals surface area contributed by atoms with Gasteiger partial charge in [-0.15, -0.1) is 0 Å². The molecule has 9 heteroatoms. The van der Waals surface area contributed by atoms with Crippen molar-refractivity contribution in [2.45, 2.75) is 24.3 Å². The molecular weight excluding hydrogens is 472 g/mol. The average molecular weight is 493 g/mol. The smallest absolute Gasteiger partial charge is 0.266 e. The van der Waals surface area contributed by atoms with Gasteiger partial charge in [0.2, 0.25) is 11.8 Å². The number of hydrogen-bond donors (Lipinski definition) is 2. The fraction of sp³-hybridized carbons (Fsp3) is 0.120. The van der Waals surface area contributed by atoms with E-state index < -0.39 is 5.25 Å². The van der Waals surface area contributed by atoms with E-state index in [0.717, 1.165) is 0 Å². The number of para-hydroxylation sites is 2. The monoisotopic (exact) mass is 492 g/mol. The maximum atomic E-state index is 13.4. The molecule has 0 saturated carbocycles. The first-order chi connectivity index (χ1) is 16.3. The van der Waals surface area contributed by atoms with Crippen molar-refractivity contribution in [3.05, 3.63) is 88.2 Å². The number of thioether (sulfide) groups is 1. The Morgan fingerprint density at radius 3 is 2.24 bits per heavy atom.